The first kappa shape index (κ1) is 13.3. The van der Waals surface area contributed by atoms with Crippen molar-refractivity contribution in [2.24, 2.45) is 0 Å². The zero-order valence-corrected chi connectivity index (χ0v) is 11.0. The molecule has 0 amide bonds. The number of nitro groups is 1. The number of benzene rings is 1. The number of fused-ring (bicyclic) bond motifs is 1. The smallest absolute Gasteiger partial charge is 0.287 e. The van der Waals surface area contributed by atoms with Crippen LogP contribution in [-0.4, -0.2) is 16.5 Å². The Hall–Kier alpha value is -2.70. The summed E-state index contributed by atoms with van der Waals surface area (Å²) in [5.41, 5.74) is 0.653. The van der Waals surface area contributed by atoms with E-state index in [4.69, 9.17) is 4.74 Å². The van der Waals surface area contributed by atoms with Gasteiger partial charge in [-0.3, -0.25) is 10.1 Å². The molecule has 0 aliphatic carbocycles. The Morgan fingerprint density at radius 3 is 2.95 bits per heavy atom. The van der Waals surface area contributed by atoms with Crippen LogP contribution >= 0.6 is 0 Å². The van der Waals surface area contributed by atoms with Crippen molar-refractivity contribution in [1.82, 2.24) is 4.98 Å². The van der Waals surface area contributed by atoms with Gasteiger partial charge in [-0.1, -0.05) is 0 Å². The van der Waals surface area contributed by atoms with Crippen LogP contribution in [0.2, 0.25) is 0 Å². The van der Waals surface area contributed by atoms with Crippen LogP contribution in [0.15, 0.2) is 36.5 Å². The molecule has 0 fully saturated rings. The fourth-order valence-electron chi connectivity index (χ4n) is 2.27. The summed E-state index contributed by atoms with van der Waals surface area (Å²) in [6, 6.07) is 7.15. The van der Waals surface area contributed by atoms with E-state index in [0.717, 1.165) is 5.56 Å². The second kappa shape index (κ2) is 5.35. The molecule has 0 saturated carbocycles. The normalized spacial score (nSPS) is 16.7. The Kier molecular flexibility index (Phi) is 3.39. The lowest BCUT2D eigenvalue weighted by molar-refractivity contribution is -0.385. The van der Waals surface area contributed by atoms with Crippen molar-refractivity contribution in [3.05, 3.63) is 58.0 Å². The molecule has 2 aromatic rings. The summed E-state index contributed by atoms with van der Waals surface area (Å²) in [7, 11) is 0. The number of aromatic nitrogens is 1. The molecule has 1 aromatic heterocycles. The Balaban J connectivity index is 1.83. The van der Waals surface area contributed by atoms with Gasteiger partial charge in [0.05, 0.1) is 17.6 Å². The zero-order valence-electron chi connectivity index (χ0n) is 11.0. The number of nitrogens with one attached hydrogen (secondary N) is 1. The van der Waals surface area contributed by atoms with E-state index in [0.29, 0.717) is 24.6 Å². The molecule has 1 aromatic carbocycles. The highest BCUT2D eigenvalue weighted by Crippen LogP contribution is 2.34. The topological polar surface area (TPSA) is 77.3 Å². The van der Waals surface area contributed by atoms with Crippen LogP contribution in [0.3, 0.4) is 0 Å². The first-order chi connectivity index (χ1) is 10.1. The van der Waals surface area contributed by atoms with Gasteiger partial charge in [0.25, 0.3) is 5.69 Å². The van der Waals surface area contributed by atoms with Crippen molar-refractivity contribution in [1.29, 1.82) is 0 Å². The van der Waals surface area contributed by atoms with E-state index < -0.39 is 4.92 Å². The van der Waals surface area contributed by atoms with E-state index in [-0.39, 0.29) is 17.5 Å². The molecule has 1 N–H and O–H groups in total. The van der Waals surface area contributed by atoms with Crippen LogP contribution in [-0.2, 0) is 0 Å². The molecule has 1 unspecified atom stereocenters. The minimum atomic E-state index is -0.504. The van der Waals surface area contributed by atoms with Gasteiger partial charge in [-0.05, 0) is 24.3 Å². The van der Waals surface area contributed by atoms with Gasteiger partial charge >= 0.3 is 0 Å². The van der Waals surface area contributed by atoms with Crippen molar-refractivity contribution in [3.8, 4) is 5.75 Å². The number of anilines is 1. The molecule has 3 rings (SSSR count). The molecule has 1 aliphatic rings. The predicted octanol–water partition coefficient (Wildman–Crippen LogP) is 3.06. The molecule has 0 bridgehead atoms. The van der Waals surface area contributed by atoms with Gasteiger partial charge < -0.3 is 10.1 Å². The number of hydrogen-bond donors (Lipinski definition) is 1. The first-order valence-corrected chi connectivity index (χ1v) is 6.43. The van der Waals surface area contributed by atoms with E-state index >= 15 is 0 Å². The quantitative estimate of drug-likeness (QED) is 0.694. The summed E-state index contributed by atoms with van der Waals surface area (Å²) in [5, 5.41) is 13.7. The maximum atomic E-state index is 13.4. The highest BCUT2D eigenvalue weighted by molar-refractivity contribution is 5.46. The lowest BCUT2D eigenvalue weighted by Gasteiger charge is -2.27. The van der Waals surface area contributed by atoms with Gasteiger partial charge in [0.15, 0.2) is 0 Å². The van der Waals surface area contributed by atoms with Crippen LogP contribution in [0.25, 0.3) is 0 Å². The minimum absolute atomic E-state index is 0.0704. The maximum absolute atomic E-state index is 13.4. The third-order valence-corrected chi connectivity index (χ3v) is 3.29. The molecule has 6 nitrogen and oxygen atoms in total. The molecule has 0 spiro atoms. The number of pyridine rings is 1. The Labute approximate surface area is 119 Å². The summed E-state index contributed by atoms with van der Waals surface area (Å²) >= 11 is 0. The number of ether oxygens (including phenoxy) is 1. The van der Waals surface area contributed by atoms with Crippen molar-refractivity contribution < 1.29 is 14.1 Å². The monoisotopic (exact) mass is 289 g/mol. The van der Waals surface area contributed by atoms with Crippen LogP contribution in [0, 0.1) is 15.9 Å². The number of hydrogen-bond acceptors (Lipinski definition) is 5. The van der Waals surface area contributed by atoms with Crippen LogP contribution in [0.5, 0.6) is 5.75 Å². The highest BCUT2D eigenvalue weighted by Gasteiger charge is 2.22. The molecule has 0 radical (unpaired) electrons. The van der Waals surface area contributed by atoms with Crippen molar-refractivity contribution >= 4 is 11.5 Å². The van der Waals surface area contributed by atoms with Gasteiger partial charge in [-0.15, -0.1) is 0 Å². The third-order valence-electron chi connectivity index (χ3n) is 3.29. The van der Waals surface area contributed by atoms with Gasteiger partial charge in [-0.2, -0.15) is 0 Å². The number of halogens is 1. The average molecular weight is 289 g/mol. The second-order valence-electron chi connectivity index (χ2n) is 4.67. The molecular weight excluding hydrogens is 277 g/mol. The Bertz CT molecular complexity index is 676. The van der Waals surface area contributed by atoms with Crippen LogP contribution in [0.4, 0.5) is 15.9 Å². The summed E-state index contributed by atoms with van der Waals surface area (Å²) in [4.78, 5) is 14.1. The fraction of sp³-hybridized carbons (Fsp3) is 0.214. The summed E-state index contributed by atoms with van der Waals surface area (Å²) in [5.74, 6) is 0.812. The summed E-state index contributed by atoms with van der Waals surface area (Å²) in [6.45, 7) is 0.517. The molecule has 2 heterocycles. The van der Waals surface area contributed by atoms with E-state index in [1.165, 1.54) is 30.5 Å². The van der Waals surface area contributed by atoms with Crippen LogP contribution in [0.1, 0.15) is 18.0 Å². The van der Waals surface area contributed by atoms with Crippen molar-refractivity contribution in [2.75, 3.05) is 11.9 Å². The van der Waals surface area contributed by atoms with Gasteiger partial charge in [0.2, 0.25) is 0 Å². The standard InChI is InChI=1S/C14H12FN3O3/c15-9-1-3-13-11(7-9)12(5-6-21-13)17-14-4-2-10(8-16-14)18(19)20/h1-4,7-8,12H,5-6H2,(H,16,17). The molecule has 7 heteroatoms. The Morgan fingerprint density at radius 2 is 2.24 bits per heavy atom. The molecular formula is C14H12FN3O3. The van der Waals surface area contributed by atoms with Gasteiger partial charge in [0, 0.05) is 18.1 Å². The summed E-state index contributed by atoms with van der Waals surface area (Å²) < 4.78 is 18.9. The fourth-order valence-corrected chi connectivity index (χ4v) is 2.27. The first-order valence-electron chi connectivity index (χ1n) is 6.43. The van der Waals surface area contributed by atoms with Crippen LogP contribution < -0.4 is 10.1 Å². The van der Waals surface area contributed by atoms with E-state index in [2.05, 4.69) is 10.3 Å². The van der Waals surface area contributed by atoms with Gasteiger partial charge in [0.1, 0.15) is 23.6 Å². The second-order valence-corrected chi connectivity index (χ2v) is 4.67. The van der Waals surface area contributed by atoms with E-state index in [1.54, 1.807) is 6.07 Å². The molecule has 0 saturated heterocycles. The third kappa shape index (κ3) is 2.76. The lowest BCUT2D eigenvalue weighted by Crippen LogP contribution is -2.21. The van der Waals surface area contributed by atoms with E-state index in [9.17, 15) is 14.5 Å². The lowest BCUT2D eigenvalue weighted by atomic mass is 10.0. The Morgan fingerprint density at radius 1 is 1.38 bits per heavy atom. The maximum Gasteiger partial charge on any atom is 0.287 e. The largest absolute Gasteiger partial charge is 0.493 e. The molecule has 1 atom stereocenters. The molecule has 108 valence electrons. The number of rotatable bonds is 3. The van der Waals surface area contributed by atoms with Crippen molar-refractivity contribution in [3.63, 3.8) is 0 Å². The molecule has 1 aliphatic heterocycles. The average Bonchev–Trinajstić information content (AvgIpc) is 2.48. The van der Waals surface area contributed by atoms with E-state index in [1.807, 2.05) is 0 Å². The zero-order chi connectivity index (χ0) is 14.8. The summed E-state index contributed by atoms with van der Waals surface area (Å²) in [6.07, 6.45) is 1.85. The highest BCUT2D eigenvalue weighted by atomic mass is 19.1. The SMILES string of the molecule is O=[N+]([O-])c1ccc(NC2CCOc3ccc(F)cc32)nc1. The van der Waals surface area contributed by atoms with Crippen molar-refractivity contribution in [2.45, 2.75) is 12.5 Å². The van der Waals surface area contributed by atoms with Gasteiger partial charge in [-0.25, -0.2) is 9.37 Å². The molecule has 21 heavy (non-hydrogen) atoms. The minimum Gasteiger partial charge on any atom is -0.493 e. The predicted molar refractivity (Wildman–Crippen MR) is 73.8 cm³/mol. The number of nitrogens with zero attached hydrogens (tertiary/aromatic N) is 2.